The van der Waals surface area contributed by atoms with Crippen LogP contribution in [0.3, 0.4) is 0 Å². The van der Waals surface area contributed by atoms with E-state index in [0.29, 0.717) is 39.0 Å². The predicted molar refractivity (Wildman–Crippen MR) is 116 cm³/mol. The zero-order chi connectivity index (χ0) is 22.0. The van der Waals surface area contributed by atoms with Gasteiger partial charge in [-0.2, -0.15) is 4.31 Å². The third-order valence-electron chi connectivity index (χ3n) is 6.54. The molecule has 1 aromatic carbocycles. The van der Waals surface area contributed by atoms with Gasteiger partial charge in [0.05, 0.1) is 11.0 Å². The van der Waals surface area contributed by atoms with Gasteiger partial charge in [-0.25, -0.2) is 8.42 Å². The number of piperidine rings is 1. The van der Waals surface area contributed by atoms with Crippen LogP contribution in [-0.4, -0.2) is 63.4 Å². The standard InChI is InChI=1S/C22H31N3O5S/c1-16(26)25-10-2-4-18-14-20(6-7-21(18)25)31(28,29)24-11-8-17(9-12-24)22(27)23-15-19-5-3-13-30-19/h6-7,14,17,19H,2-5,8-13,15H2,1H3,(H,23,27)/t19-/m1/s1. The molecule has 0 bridgehead atoms. The van der Waals surface area contributed by atoms with E-state index in [9.17, 15) is 18.0 Å². The average molecular weight is 450 g/mol. The summed E-state index contributed by atoms with van der Waals surface area (Å²) >= 11 is 0. The van der Waals surface area contributed by atoms with E-state index in [1.807, 2.05) is 0 Å². The molecule has 1 aromatic rings. The van der Waals surface area contributed by atoms with Crippen LogP contribution in [0, 0.1) is 5.92 Å². The van der Waals surface area contributed by atoms with Crippen molar-refractivity contribution in [1.82, 2.24) is 9.62 Å². The van der Waals surface area contributed by atoms with Gasteiger partial charge in [0.25, 0.3) is 0 Å². The molecule has 3 aliphatic rings. The Labute approximate surface area is 184 Å². The zero-order valence-electron chi connectivity index (χ0n) is 18.0. The lowest BCUT2D eigenvalue weighted by Crippen LogP contribution is -2.44. The molecule has 31 heavy (non-hydrogen) atoms. The van der Waals surface area contributed by atoms with Crippen molar-refractivity contribution in [2.75, 3.05) is 37.7 Å². The van der Waals surface area contributed by atoms with Crippen molar-refractivity contribution in [2.24, 2.45) is 5.92 Å². The van der Waals surface area contributed by atoms with Gasteiger partial charge in [0.2, 0.25) is 21.8 Å². The monoisotopic (exact) mass is 449 g/mol. The number of sulfonamides is 1. The molecule has 1 atom stereocenters. The molecule has 2 amide bonds. The lowest BCUT2D eigenvalue weighted by molar-refractivity contribution is -0.126. The molecule has 170 valence electrons. The highest BCUT2D eigenvalue weighted by Gasteiger charge is 2.33. The molecule has 3 aliphatic heterocycles. The molecule has 1 N–H and O–H groups in total. The first kappa shape index (κ1) is 22.2. The topological polar surface area (TPSA) is 96.0 Å². The summed E-state index contributed by atoms with van der Waals surface area (Å²) in [5.74, 6) is -0.206. The van der Waals surface area contributed by atoms with Crippen LogP contribution in [-0.2, 0) is 30.8 Å². The molecule has 2 fully saturated rings. The minimum atomic E-state index is -3.63. The summed E-state index contributed by atoms with van der Waals surface area (Å²) in [4.78, 5) is 26.3. The Morgan fingerprint density at radius 3 is 2.58 bits per heavy atom. The smallest absolute Gasteiger partial charge is 0.243 e. The molecule has 3 heterocycles. The van der Waals surface area contributed by atoms with Crippen molar-refractivity contribution in [3.05, 3.63) is 23.8 Å². The third kappa shape index (κ3) is 4.78. The summed E-state index contributed by atoms with van der Waals surface area (Å²) in [6.07, 6.45) is 4.72. The van der Waals surface area contributed by atoms with Gasteiger partial charge in [0.15, 0.2) is 0 Å². The van der Waals surface area contributed by atoms with Crippen LogP contribution in [0.5, 0.6) is 0 Å². The van der Waals surface area contributed by atoms with Crippen molar-refractivity contribution < 1.29 is 22.7 Å². The van der Waals surface area contributed by atoms with Gasteiger partial charge < -0.3 is 15.0 Å². The highest BCUT2D eigenvalue weighted by atomic mass is 32.2. The summed E-state index contributed by atoms with van der Waals surface area (Å²) < 4.78 is 33.4. The van der Waals surface area contributed by atoms with Crippen molar-refractivity contribution in [3.8, 4) is 0 Å². The van der Waals surface area contributed by atoms with Crippen molar-refractivity contribution in [2.45, 2.75) is 56.4 Å². The number of ether oxygens (including phenoxy) is 1. The van der Waals surface area contributed by atoms with Crippen molar-refractivity contribution >= 4 is 27.5 Å². The number of benzene rings is 1. The van der Waals surface area contributed by atoms with Gasteiger partial charge in [-0.15, -0.1) is 0 Å². The Balaban J connectivity index is 1.38. The van der Waals surface area contributed by atoms with E-state index in [1.165, 1.54) is 11.2 Å². The molecule has 2 saturated heterocycles. The van der Waals surface area contributed by atoms with Crippen LogP contribution < -0.4 is 10.2 Å². The summed E-state index contributed by atoms with van der Waals surface area (Å²) in [5.41, 5.74) is 1.70. The number of amides is 2. The maximum absolute atomic E-state index is 13.2. The lowest BCUT2D eigenvalue weighted by atomic mass is 9.97. The van der Waals surface area contributed by atoms with Crippen molar-refractivity contribution in [3.63, 3.8) is 0 Å². The highest BCUT2D eigenvalue weighted by molar-refractivity contribution is 7.89. The third-order valence-corrected chi connectivity index (χ3v) is 8.43. The second-order valence-corrected chi connectivity index (χ2v) is 10.6. The lowest BCUT2D eigenvalue weighted by Gasteiger charge is -2.32. The molecule has 0 unspecified atom stereocenters. The second kappa shape index (κ2) is 9.26. The number of nitrogens with one attached hydrogen (secondary N) is 1. The van der Waals surface area contributed by atoms with Gasteiger partial charge in [-0.1, -0.05) is 0 Å². The number of rotatable bonds is 5. The van der Waals surface area contributed by atoms with E-state index < -0.39 is 10.0 Å². The van der Waals surface area contributed by atoms with Crippen LogP contribution in [0.25, 0.3) is 0 Å². The van der Waals surface area contributed by atoms with Crippen LogP contribution in [0.4, 0.5) is 5.69 Å². The number of hydrogen-bond donors (Lipinski definition) is 1. The minimum Gasteiger partial charge on any atom is -0.376 e. The van der Waals surface area contributed by atoms with Gasteiger partial charge in [-0.3, -0.25) is 9.59 Å². The average Bonchev–Trinajstić information content (AvgIpc) is 3.30. The first-order chi connectivity index (χ1) is 14.9. The van der Waals surface area contributed by atoms with E-state index in [0.717, 1.165) is 43.5 Å². The Kier molecular flexibility index (Phi) is 6.64. The van der Waals surface area contributed by atoms with Crippen LogP contribution in [0.2, 0.25) is 0 Å². The Hall–Kier alpha value is -1.97. The first-order valence-corrected chi connectivity index (χ1v) is 12.6. The molecule has 0 aliphatic carbocycles. The molecular formula is C22H31N3O5S. The number of nitrogens with zero attached hydrogens (tertiary/aromatic N) is 2. The maximum Gasteiger partial charge on any atom is 0.243 e. The Morgan fingerprint density at radius 1 is 1.13 bits per heavy atom. The molecule has 9 heteroatoms. The first-order valence-electron chi connectivity index (χ1n) is 11.2. The summed E-state index contributed by atoms with van der Waals surface area (Å²) in [7, 11) is -3.63. The van der Waals surface area contributed by atoms with Gasteiger partial charge in [0.1, 0.15) is 0 Å². The molecule has 0 spiro atoms. The number of carbonyl (C=O) groups excluding carboxylic acids is 2. The fourth-order valence-corrected chi connectivity index (χ4v) is 6.25. The van der Waals surface area contributed by atoms with E-state index in [-0.39, 0.29) is 28.7 Å². The number of fused-ring (bicyclic) bond motifs is 1. The van der Waals surface area contributed by atoms with Gasteiger partial charge >= 0.3 is 0 Å². The largest absolute Gasteiger partial charge is 0.376 e. The maximum atomic E-state index is 13.2. The molecule has 8 nitrogen and oxygen atoms in total. The fourth-order valence-electron chi connectivity index (χ4n) is 4.73. The number of hydrogen-bond acceptors (Lipinski definition) is 5. The van der Waals surface area contributed by atoms with Crippen LogP contribution in [0.1, 0.15) is 44.6 Å². The van der Waals surface area contributed by atoms with E-state index in [2.05, 4.69) is 5.32 Å². The predicted octanol–water partition coefficient (Wildman–Crippen LogP) is 1.68. The molecule has 4 rings (SSSR count). The molecular weight excluding hydrogens is 418 g/mol. The highest BCUT2D eigenvalue weighted by Crippen LogP contribution is 2.31. The van der Waals surface area contributed by atoms with E-state index in [4.69, 9.17) is 4.74 Å². The van der Waals surface area contributed by atoms with E-state index >= 15 is 0 Å². The molecule has 0 saturated carbocycles. The van der Waals surface area contributed by atoms with Crippen LogP contribution in [0.15, 0.2) is 23.1 Å². The number of aryl methyl sites for hydroxylation is 1. The second-order valence-electron chi connectivity index (χ2n) is 8.62. The summed E-state index contributed by atoms with van der Waals surface area (Å²) in [6.45, 7) is 4.14. The summed E-state index contributed by atoms with van der Waals surface area (Å²) in [6, 6.07) is 5.05. The molecule has 0 aromatic heterocycles. The quantitative estimate of drug-likeness (QED) is 0.738. The van der Waals surface area contributed by atoms with Gasteiger partial charge in [0, 0.05) is 51.3 Å². The number of anilines is 1. The SMILES string of the molecule is CC(=O)N1CCCc2cc(S(=O)(=O)N3CCC(C(=O)NC[C@H]4CCCO4)CC3)ccc21. The minimum absolute atomic E-state index is 0.00865. The fraction of sp³-hybridized carbons (Fsp3) is 0.636. The van der Waals surface area contributed by atoms with E-state index in [1.54, 1.807) is 23.1 Å². The normalized spacial score (nSPS) is 22.9. The van der Waals surface area contributed by atoms with Crippen molar-refractivity contribution in [1.29, 1.82) is 0 Å². The Bertz CT molecular complexity index is 934. The van der Waals surface area contributed by atoms with Crippen LogP contribution >= 0.6 is 0 Å². The molecule has 0 radical (unpaired) electrons. The van der Waals surface area contributed by atoms with Gasteiger partial charge in [-0.05, 0) is 62.3 Å². The number of carbonyl (C=O) groups is 2. The zero-order valence-corrected chi connectivity index (χ0v) is 18.8. The Morgan fingerprint density at radius 2 is 1.90 bits per heavy atom. The summed E-state index contributed by atoms with van der Waals surface area (Å²) in [5, 5.41) is 2.96.